The Bertz CT molecular complexity index is 2620. The van der Waals surface area contributed by atoms with Gasteiger partial charge >= 0.3 is 0 Å². The summed E-state index contributed by atoms with van der Waals surface area (Å²) in [6, 6.07) is 63.1. The highest BCUT2D eigenvalue weighted by molar-refractivity contribution is 6.09. The molecule has 0 amide bonds. The molecule has 0 bridgehead atoms. The van der Waals surface area contributed by atoms with Crippen molar-refractivity contribution in [3.05, 3.63) is 182 Å². The molecule has 0 saturated carbocycles. The molecule has 10 rings (SSSR count). The third-order valence-electron chi connectivity index (χ3n) is 9.66. The van der Waals surface area contributed by atoms with Crippen LogP contribution in [0.1, 0.15) is 0 Å². The summed E-state index contributed by atoms with van der Waals surface area (Å²) >= 11 is 0. The van der Waals surface area contributed by atoms with Crippen molar-refractivity contribution in [2.24, 2.45) is 0 Å². The number of pyridine rings is 1. The first-order chi connectivity index (χ1) is 25.2. The molecule has 1 aliphatic heterocycles. The molecule has 51 heavy (non-hydrogen) atoms. The minimum Gasteiger partial charge on any atom is -0.449 e. The number of fused-ring (bicyclic) bond motifs is 5. The van der Waals surface area contributed by atoms with E-state index in [-0.39, 0.29) is 0 Å². The van der Waals surface area contributed by atoms with E-state index in [4.69, 9.17) is 14.5 Å². The number of rotatable bonds is 5. The SMILES string of the molecule is c1ccc(-c2cc(-c3ccccc3)nc(-c3ccc4c(c3)Oc3ccc(-c5ccc(-n6c7ccccc7c7ccccc76)cc5)cc3O4)c2)cc1. The summed E-state index contributed by atoms with van der Waals surface area (Å²) in [5.41, 5.74) is 11.7. The maximum Gasteiger partial charge on any atom is 0.170 e. The van der Waals surface area contributed by atoms with E-state index in [0.29, 0.717) is 23.0 Å². The summed E-state index contributed by atoms with van der Waals surface area (Å²) in [6.07, 6.45) is 0. The number of aromatic nitrogens is 2. The molecule has 7 aromatic carbocycles. The zero-order valence-corrected chi connectivity index (χ0v) is 27.5. The Morgan fingerprint density at radius 2 is 0.804 bits per heavy atom. The molecule has 1 aliphatic rings. The van der Waals surface area contributed by atoms with Crippen molar-refractivity contribution < 1.29 is 9.47 Å². The summed E-state index contributed by atoms with van der Waals surface area (Å²) in [7, 11) is 0. The van der Waals surface area contributed by atoms with E-state index in [0.717, 1.165) is 50.5 Å². The van der Waals surface area contributed by atoms with Crippen molar-refractivity contribution >= 4 is 21.8 Å². The average molecular weight is 655 g/mol. The first-order valence-corrected chi connectivity index (χ1v) is 17.1. The summed E-state index contributed by atoms with van der Waals surface area (Å²) in [6.45, 7) is 0. The molecule has 2 aromatic heterocycles. The molecule has 0 fully saturated rings. The topological polar surface area (TPSA) is 36.3 Å². The molecule has 0 unspecified atom stereocenters. The van der Waals surface area contributed by atoms with E-state index in [1.54, 1.807) is 0 Å². The minimum absolute atomic E-state index is 0.663. The van der Waals surface area contributed by atoms with E-state index in [9.17, 15) is 0 Å². The van der Waals surface area contributed by atoms with Crippen LogP contribution in [-0.2, 0) is 0 Å². The van der Waals surface area contributed by atoms with Crippen LogP contribution in [0.25, 0.3) is 72.3 Å². The minimum atomic E-state index is 0.663. The van der Waals surface area contributed by atoms with Crippen molar-refractivity contribution in [3.63, 3.8) is 0 Å². The third-order valence-corrected chi connectivity index (χ3v) is 9.66. The van der Waals surface area contributed by atoms with Gasteiger partial charge in [0.1, 0.15) is 0 Å². The fourth-order valence-electron chi connectivity index (χ4n) is 7.16. The molecule has 240 valence electrons. The van der Waals surface area contributed by atoms with Gasteiger partial charge in [-0.3, -0.25) is 0 Å². The van der Waals surface area contributed by atoms with Crippen molar-refractivity contribution in [2.75, 3.05) is 0 Å². The van der Waals surface area contributed by atoms with Crippen molar-refractivity contribution in [1.82, 2.24) is 9.55 Å². The Labute approximate surface area is 295 Å². The van der Waals surface area contributed by atoms with E-state index in [1.807, 2.05) is 42.5 Å². The monoisotopic (exact) mass is 654 g/mol. The van der Waals surface area contributed by atoms with Gasteiger partial charge in [-0.2, -0.15) is 0 Å². The lowest BCUT2D eigenvalue weighted by molar-refractivity contribution is 0.360. The van der Waals surface area contributed by atoms with Crippen LogP contribution in [0.15, 0.2) is 182 Å². The van der Waals surface area contributed by atoms with Gasteiger partial charge in [-0.05, 0) is 89.0 Å². The number of ether oxygens (including phenoxy) is 2. The van der Waals surface area contributed by atoms with Gasteiger partial charge in [-0.1, -0.05) is 115 Å². The van der Waals surface area contributed by atoms with Crippen LogP contribution >= 0.6 is 0 Å². The quantitative estimate of drug-likeness (QED) is 0.185. The highest BCUT2D eigenvalue weighted by Gasteiger charge is 2.21. The Balaban J connectivity index is 0.957. The van der Waals surface area contributed by atoms with Gasteiger partial charge in [0, 0.05) is 27.6 Å². The normalized spacial score (nSPS) is 11.8. The van der Waals surface area contributed by atoms with Crippen LogP contribution in [0.5, 0.6) is 23.0 Å². The van der Waals surface area contributed by atoms with E-state index in [1.165, 1.54) is 21.8 Å². The summed E-state index contributed by atoms with van der Waals surface area (Å²) in [4.78, 5) is 5.09. The molecule has 0 aliphatic carbocycles. The second kappa shape index (κ2) is 11.9. The molecule has 0 spiro atoms. The molecular formula is C47H30N2O2. The molecule has 0 radical (unpaired) electrons. The fourth-order valence-corrected chi connectivity index (χ4v) is 7.16. The first kappa shape index (κ1) is 29.0. The lowest BCUT2D eigenvalue weighted by Gasteiger charge is -2.22. The summed E-state index contributed by atoms with van der Waals surface area (Å²) in [5.74, 6) is 2.71. The standard InChI is InChI=1S/C47H30N2O2/c1-3-11-31(12-4-1)36-27-40(33-13-5-2-6-14-33)48-41(28-36)35-22-26-45-47(30-35)51-44-25-21-34(29-46(44)50-45)32-19-23-37(24-20-32)49-42-17-9-7-15-38(42)39-16-8-10-18-43(39)49/h1-30H. The zero-order valence-electron chi connectivity index (χ0n) is 27.5. The molecule has 3 heterocycles. The first-order valence-electron chi connectivity index (χ1n) is 17.1. The van der Waals surface area contributed by atoms with E-state index >= 15 is 0 Å². The molecule has 0 saturated heterocycles. The van der Waals surface area contributed by atoms with Crippen LogP contribution in [-0.4, -0.2) is 9.55 Å². The largest absolute Gasteiger partial charge is 0.449 e. The summed E-state index contributed by atoms with van der Waals surface area (Å²) < 4.78 is 15.2. The van der Waals surface area contributed by atoms with E-state index in [2.05, 4.69) is 144 Å². The third kappa shape index (κ3) is 5.13. The van der Waals surface area contributed by atoms with Crippen LogP contribution < -0.4 is 9.47 Å². The molecule has 0 atom stereocenters. The molecule has 0 N–H and O–H groups in total. The number of para-hydroxylation sites is 2. The van der Waals surface area contributed by atoms with Crippen LogP contribution in [0.4, 0.5) is 0 Å². The highest BCUT2D eigenvalue weighted by Crippen LogP contribution is 2.48. The van der Waals surface area contributed by atoms with Gasteiger partial charge in [-0.15, -0.1) is 0 Å². The van der Waals surface area contributed by atoms with Gasteiger partial charge in [0.25, 0.3) is 0 Å². The predicted molar refractivity (Wildman–Crippen MR) is 207 cm³/mol. The number of hydrogen-bond acceptors (Lipinski definition) is 3. The van der Waals surface area contributed by atoms with Crippen LogP contribution in [0.3, 0.4) is 0 Å². The van der Waals surface area contributed by atoms with Gasteiger partial charge in [0.15, 0.2) is 23.0 Å². The fraction of sp³-hybridized carbons (Fsp3) is 0. The maximum absolute atomic E-state index is 6.45. The molecule has 4 heteroatoms. The summed E-state index contributed by atoms with van der Waals surface area (Å²) in [5, 5.41) is 2.51. The van der Waals surface area contributed by atoms with Gasteiger partial charge < -0.3 is 14.0 Å². The van der Waals surface area contributed by atoms with Crippen LogP contribution in [0.2, 0.25) is 0 Å². The smallest absolute Gasteiger partial charge is 0.170 e. The predicted octanol–water partition coefficient (Wildman–Crippen LogP) is 12.7. The van der Waals surface area contributed by atoms with Crippen molar-refractivity contribution in [3.8, 4) is 73.5 Å². The Morgan fingerprint density at radius 1 is 0.333 bits per heavy atom. The molecular weight excluding hydrogens is 625 g/mol. The van der Waals surface area contributed by atoms with Gasteiger partial charge in [0.2, 0.25) is 0 Å². The Morgan fingerprint density at radius 3 is 1.43 bits per heavy atom. The Hall–Kier alpha value is -6.91. The van der Waals surface area contributed by atoms with Gasteiger partial charge in [-0.25, -0.2) is 4.98 Å². The molecule has 4 nitrogen and oxygen atoms in total. The lowest BCUT2D eigenvalue weighted by Crippen LogP contribution is -2.00. The van der Waals surface area contributed by atoms with Gasteiger partial charge in [0.05, 0.1) is 22.4 Å². The highest BCUT2D eigenvalue weighted by atomic mass is 16.6. The van der Waals surface area contributed by atoms with Crippen molar-refractivity contribution in [2.45, 2.75) is 0 Å². The Kier molecular flexibility index (Phi) is 6.78. The van der Waals surface area contributed by atoms with Crippen molar-refractivity contribution in [1.29, 1.82) is 0 Å². The average Bonchev–Trinajstić information content (AvgIpc) is 3.54. The lowest BCUT2D eigenvalue weighted by atomic mass is 10.00. The number of nitrogens with zero attached hydrogens (tertiary/aromatic N) is 2. The van der Waals surface area contributed by atoms with E-state index < -0.39 is 0 Å². The van der Waals surface area contributed by atoms with Crippen LogP contribution in [0, 0.1) is 0 Å². The molecule has 9 aromatic rings. The maximum atomic E-state index is 6.45. The second-order valence-electron chi connectivity index (χ2n) is 12.8. The number of hydrogen-bond donors (Lipinski definition) is 0. The second-order valence-corrected chi connectivity index (χ2v) is 12.8. The number of benzene rings is 7. The zero-order chi connectivity index (χ0) is 33.7.